The number of fused-ring (bicyclic) bond motifs is 1. The minimum absolute atomic E-state index is 0.0427. The van der Waals surface area contributed by atoms with Gasteiger partial charge in [-0.05, 0) is 57.1 Å². The summed E-state index contributed by atoms with van der Waals surface area (Å²) in [7, 11) is 1.67. The van der Waals surface area contributed by atoms with Crippen molar-refractivity contribution >= 4 is 17.5 Å². The summed E-state index contributed by atoms with van der Waals surface area (Å²) < 4.78 is 5.00. The average Bonchev–Trinajstić information content (AvgIpc) is 3.00. The summed E-state index contributed by atoms with van der Waals surface area (Å²) in [5.74, 6) is 0.458. The van der Waals surface area contributed by atoms with Crippen LogP contribution in [0.5, 0.6) is 0 Å². The zero-order valence-corrected chi connectivity index (χ0v) is 15.9. The second kappa shape index (κ2) is 8.67. The number of carbonyl (C=O) groups excluding carboxylic acids is 2. The van der Waals surface area contributed by atoms with E-state index in [1.165, 1.54) is 5.56 Å². The molecule has 0 spiro atoms. The van der Waals surface area contributed by atoms with Gasteiger partial charge >= 0.3 is 0 Å². The summed E-state index contributed by atoms with van der Waals surface area (Å²) in [5.41, 5.74) is 2.33. The van der Waals surface area contributed by atoms with Crippen LogP contribution in [0.1, 0.15) is 44.6 Å². The molecule has 5 heteroatoms. The number of nitrogens with one attached hydrogen (secondary N) is 1. The Morgan fingerprint density at radius 1 is 1.15 bits per heavy atom. The molecule has 0 radical (unpaired) electrons. The molecular formula is C21H30N2O3. The molecule has 2 amide bonds. The van der Waals surface area contributed by atoms with Crippen molar-refractivity contribution in [2.75, 3.05) is 25.2 Å². The van der Waals surface area contributed by atoms with Gasteiger partial charge in [0.05, 0.1) is 0 Å². The van der Waals surface area contributed by atoms with E-state index in [1.807, 2.05) is 17.0 Å². The third-order valence-corrected chi connectivity index (χ3v) is 5.72. The molecule has 0 aromatic heterocycles. The summed E-state index contributed by atoms with van der Waals surface area (Å²) in [5, 5.41) is 2.99. The lowest BCUT2D eigenvalue weighted by atomic mass is 9.80. The number of nitrogens with zero attached hydrogens (tertiary/aromatic N) is 1. The first-order valence-electron chi connectivity index (χ1n) is 9.79. The number of rotatable bonds is 6. The quantitative estimate of drug-likeness (QED) is 0.796. The number of amides is 2. The molecule has 1 aliphatic carbocycles. The molecule has 1 unspecified atom stereocenters. The van der Waals surface area contributed by atoms with E-state index in [0.717, 1.165) is 44.2 Å². The lowest BCUT2D eigenvalue weighted by Crippen LogP contribution is -2.42. The van der Waals surface area contributed by atoms with Gasteiger partial charge in [0.25, 0.3) is 0 Å². The van der Waals surface area contributed by atoms with Gasteiger partial charge in [0.15, 0.2) is 0 Å². The molecular weight excluding hydrogens is 328 g/mol. The summed E-state index contributed by atoms with van der Waals surface area (Å²) in [6.07, 6.45) is 4.98. The van der Waals surface area contributed by atoms with Crippen LogP contribution in [0.4, 0.5) is 5.69 Å². The predicted octanol–water partition coefficient (Wildman–Crippen LogP) is 2.92. The molecule has 1 heterocycles. The second-order valence-electron chi connectivity index (χ2n) is 7.58. The maximum atomic E-state index is 13.1. The fourth-order valence-electron chi connectivity index (χ4n) is 4.27. The molecule has 0 bridgehead atoms. The Hall–Kier alpha value is -1.88. The van der Waals surface area contributed by atoms with Crippen LogP contribution < -0.4 is 10.2 Å². The van der Waals surface area contributed by atoms with E-state index in [0.29, 0.717) is 13.2 Å². The Labute approximate surface area is 156 Å². The molecule has 142 valence electrons. The number of benzene rings is 1. The fraction of sp³-hybridized carbons (Fsp3) is 0.619. The van der Waals surface area contributed by atoms with Gasteiger partial charge in [-0.1, -0.05) is 18.2 Å². The van der Waals surface area contributed by atoms with E-state index in [-0.39, 0.29) is 29.7 Å². The van der Waals surface area contributed by atoms with Crippen molar-refractivity contribution in [2.24, 2.45) is 11.8 Å². The molecule has 2 aliphatic rings. The zero-order chi connectivity index (χ0) is 18.5. The van der Waals surface area contributed by atoms with Crippen LogP contribution in [0, 0.1) is 11.8 Å². The van der Waals surface area contributed by atoms with Gasteiger partial charge in [-0.15, -0.1) is 0 Å². The van der Waals surface area contributed by atoms with Crippen molar-refractivity contribution < 1.29 is 14.3 Å². The summed E-state index contributed by atoms with van der Waals surface area (Å²) in [6.45, 7) is 3.45. The number of hydrogen-bond acceptors (Lipinski definition) is 3. The van der Waals surface area contributed by atoms with Crippen LogP contribution >= 0.6 is 0 Å². The highest BCUT2D eigenvalue weighted by Crippen LogP contribution is 2.36. The molecule has 1 fully saturated rings. The Morgan fingerprint density at radius 2 is 1.85 bits per heavy atom. The van der Waals surface area contributed by atoms with Gasteiger partial charge in [-0.3, -0.25) is 9.59 Å². The van der Waals surface area contributed by atoms with E-state index in [9.17, 15) is 9.59 Å². The lowest BCUT2D eigenvalue weighted by molar-refractivity contribution is -0.129. The number of ether oxygens (including phenoxy) is 1. The van der Waals surface area contributed by atoms with Crippen molar-refractivity contribution in [1.82, 2.24) is 5.32 Å². The van der Waals surface area contributed by atoms with Crippen molar-refractivity contribution in [3.05, 3.63) is 29.8 Å². The first kappa shape index (κ1) is 18.9. The van der Waals surface area contributed by atoms with Crippen LogP contribution in [-0.2, 0) is 20.7 Å². The van der Waals surface area contributed by atoms with Crippen LogP contribution in [-0.4, -0.2) is 38.1 Å². The van der Waals surface area contributed by atoms with Gasteiger partial charge in [0.1, 0.15) is 0 Å². The highest BCUT2D eigenvalue weighted by atomic mass is 16.5. The van der Waals surface area contributed by atoms with Crippen molar-refractivity contribution in [3.63, 3.8) is 0 Å². The Morgan fingerprint density at radius 3 is 2.58 bits per heavy atom. The zero-order valence-electron chi connectivity index (χ0n) is 15.9. The molecule has 3 rings (SSSR count). The van der Waals surface area contributed by atoms with Crippen molar-refractivity contribution in [1.29, 1.82) is 0 Å². The summed E-state index contributed by atoms with van der Waals surface area (Å²) in [6, 6.07) is 8.43. The molecule has 5 nitrogen and oxygen atoms in total. The number of hydrogen-bond donors (Lipinski definition) is 1. The number of carbonyl (C=O) groups is 2. The van der Waals surface area contributed by atoms with E-state index in [2.05, 4.69) is 24.4 Å². The van der Waals surface area contributed by atoms with Crippen LogP contribution in [0.3, 0.4) is 0 Å². The van der Waals surface area contributed by atoms with Gasteiger partial charge in [0.2, 0.25) is 11.8 Å². The van der Waals surface area contributed by atoms with Gasteiger partial charge < -0.3 is 15.0 Å². The summed E-state index contributed by atoms with van der Waals surface area (Å²) in [4.78, 5) is 27.4. The van der Waals surface area contributed by atoms with E-state index in [1.54, 1.807) is 7.11 Å². The highest BCUT2D eigenvalue weighted by molar-refractivity contribution is 5.97. The Bertz CT molecular complexity index is 638. The fourth-order valence-corrected chi connectivity index (χ4v) is 4.27. The van der Waals surface area contributed by atoms with Crippen molar-refractivity contribution in [2.45, 2.75) is 51.5 Å². The first-order chi connectivity index (χ1) is 12.6. The van der Waals surface area contributed by atoms with Crippen LogP contribution in [0.25, 0.3) is 0 Å². The molecule has 26 heavy (non-hydrogen) atoms. The summed E-state index contributed by atoms with van der Waals surface area (Å²) >= 11 is 0. The topological polar surface area (TPSA) is 58.6 Å². The number of para-hydroxylation sites is 1. The lowest BCUT2D eigenvalue weighted by Gasteiger charge is -2.32. The average molecular weight is 358 g/mol. The second-order valence-corrected chi connectivity index (χ2v) is 7.58. The Balaban J connectivity index is 1.52. The van der Waals surface area contributed by atoms with E-state index in [4.69, 9.17) is 4.74 Å². The van der Waals surface area contributed by atoms with Crippen LogP contribution in [0.15, 0.2) is 24.3 Å². The van der Waals surface area contributed by atoms with Crippen molar-refractivity contribution in [3.8, 4) is 0 Å². The maximum absolute atomic E-state index is 13.1. The van der Waals surface area contributed by atoms with Gasteiger partial charge in [-0.25, -0.2) is 0 Å². The molecule has 1 aliphatic heterocycles. The number of anilines is 1. The highest BCUT2D eigenvalue weighted by Gasteiger charge is 2.37. The molecule has 1 aromatic rings. The Kier molecular flexibility index (Phi) is 6.30. The standard InChI is InChI=1S/C21H30N2O3/c1-15-14-18-6-3-4-7-19(18)23(15)21(25)17-10-8-16(9-11-17)20(24)22-12-5-13-26-2/h3-4,6-7,15-17H,5,8-14H2,1-2H3,(H,22,24). The van der Waals surface area contributed by atoms with Gasteiger partial charge in [0, 0.05) is 43.8 Å². The predicted molar refractivity (Wildman–Crippen MR) is 102 cm³/mol. The molecule has 1 saturated carbocycles. The maximum Gasteiger partial charge on any atom is 0.230 e. The molecule has 1 N–H and O–H groups in total. The SMILES string of the molecule is COCCCNC(=O)C1CCC(C(=O)N2c3ccccc3CC2C)CC1. The first-order valence-corrected chi connectivity index (χ1v) is 9.79. The van der Waals surface area contributed by atoms with Gasteiger partial charge in [-0.2, -0.15) is 0 Å². The third-order valence-electron chi connectivity index (χ3n) is 5.72. The van der Waals surface area contributed by atoms with E-state index >= 15 is 0 Å². The minimum atomic E-state index is 0.0427. The smallest absolute Gasteiger partial charge is 0.230 e. The van der Waals surface area contributed by atoms with Crippen LogP contribution in [0.2, 0.25) is 0 Å². The minimum Gasteiger partial charge on any atom is -0.385 e. The molecule has 0 saturated heterocycles. The molecule has 1 aromatic carbocycles. The molecule has 1 atom stereocenters. The normalized spacial score (nSPS) is 25.0. The van der Waals surface area contributed by atoms with E-state index < -0.39 is 0 Å². The number of methoxy groups -OCH3 is 1. The largest absolute Gasteiger partial charge is 0.385 e. The monoisotopic (exact) mass is 358 g/mol. The third kappa shape index (κ3) is 4.09.